The average molecular weight is 331 g/mol. The molecule has 2 N–H and O–H groups in total. The van der Waals surface area contributed by atoms with Gasteiger partial charge in [-0.15, -0.1) is 0 Å². The molecule has 0 aromatic heterocycles. The third kappa shape index (κ3) is 3.30. The molecule has 0 spiro atoms. The monoisotopic (exact) mass is 331 g/mol. The van der Waals surface area contributed by atoms with E-state index in [9.17, 15) is 18.5 Å². The summed E-state index contributed by atoms with van der Waals surface area (Å²) >= 11 is 1.71. The van der Waals surface area contributed by atoms with Crippen LogP contribution in [0.3, 0.4) is 0 Å². The first-order valence-corrected chi connectivity index (χ1v) is 8.79. The van der Waals surface area contributed by atoms with Crippen molar-refractivity contribution >= 4 is 33.2 Å². The molecule has 7 nitrogen and oxygen atoms in total. The minimum atomic E-state index is -3.93. The molecule has 0 amide bonds. The Morgan fingerprint density at radius 3 is 2.43 bits per heavy atom. The number of hydrogen-bond acceptors (Lipinski definition) is 6. The summed E-state index contributed by atoms with van der Waals surface area (Å²) in [7, 11) is -3.93. The van der Waals surface area contributed by atoms with Gasteiger partial charge in [0, 0.05) is 35.3 Å². The Bertz CT molecular complexity index is 652. The maximum Gasteiger partial charge on any atom is 0.289 e. The van der Waals surface area contributed by atoms with Gasteiger partial charge < -0.3 is 5.73 Å². The maximum atomic E-state index is 12.7. The molecule has 21 heavy (non-hydrogen) atoms. The van der Waals surface area contributed by atoms with E-state index in [0.717, 1.165) is 12.1 Å². The van der Waals surface area contributed by atoms with Gasteiger partial charge in [-0.3, -0.25) is 10.1 Å². The summed E-state index contributed by atoms with van der Waals surface area (Å²) in [5, 5.41) is 11.4. The highest BCUT2D eigenvalue weighted by Crippen LogP contribution is 2.33. The number of hydrogen-bond donors (Lipinski definition) is 1. The Balaban J connectivity index is 2.49. The summed E-state index contributed by atoms with van der Waals surface area (Å²) < 4.78 is 26.7. The van der Waals surface area contributed by atoms with E-state index in [-0.39, 0.29) is 21.1 Å². The summed E-state index contributed by atoms with van der Waals surface area (Å²) in [5.74, 6) is 0. The number of rotatable bonds is 3. The number of anilines is 1. The van der Waals surface area contributed by atoms with Gasteiger partial charge in [-0.2, -0.15) is 16.1 Å². The third-order valence-electron chi connectivity index (χ3n) is 3.18. The SMILES string of the molecule is CC1CN(S(=O)(=O)c2cc(N)ccc2[N+](=O)[O-])CC(C)S1. The van der Waals surface area contributed by atoms with Gasteiger partial charge >= 0.3 is 0 Å². The van der Waals surface area contributed by atoms with Crippen LogP contribution in [0.15, 0.2) is 23.1 Å². The lowest BCUT2D eigenvalue weighted by atomic mass is 10.3. The first-order valence-electron chi connectivity index (χ1n) is 6.41. The summed E-state index contributed by atoms with van der Waals surface area (Å²) in [6.07, 6.45) is 0. The molecule has 1 heterocycles. The van der Waals surface area contributed by atoms with Crippen molar-refractivity contribution in [2.45, 2.75) is 29.2 Å². The highest BCUT2D eigenvalue weighted by Gasteiger charge is 2.36. The molecular formula is C12H17N3O4S2. The van der Waals surface area contributed by atoms with E-state index >= 15 is 0 Å². The molecule has 1 aliphatic rings. The van der Waals surface area contributed by atoms with Crippen LogP contribution in [-0.4, -0.2) is 41.2 Å². The highest BCUT2D eigenvalue weighted by atomic mass is 32.2. The maximum absolute atomic E-state index is 12.7. The Hall–Kier alpha value is -1.32. The number of nitrogen functional groups attached to an aromatic ring is 1. The van der Waals surface area contributed by atoms with Gasteiger partial charge in [-0.1, -0.05) is 13.8 Å². The molecule has 2 unspecified atom stereocenters. The topological polar surface area (TPSA) is 107 Å². The van der Waals surface area contributed by atoms with Crippen LogP contribution in [0.2, 0.25) is 0 Å². The number of sulfonamides is 1. The van der Waals surface area contributed by atoms with E-state index in [0.29, 0.717) is 13.1 Å². The van der Waals surface area contributed by atoms with Crippen LogP contribution in [0, 0.1) is 10.1 Å². The van der Waals surface area contributed by atoms with Crippen molar-refractivity contribution in [1.29, 1.82) is 0 Å². The van der Waals surface area contributed by atoms with Crippen LogP contribution in [0.1, 0.15) is 13.8 Å². The molecule has 0 aliphatic carbocycles. The fourth-order valence-electron chi connectivity index (χ4n) is 2.35. The van der Waals surface area contributed by atoms with Crippen molar-refractivity contribution in [2.75, 3.05) is 18.8 Å². The second kappa shape index (κ2) is 5.82. The van der Waals surface area contributed by atoms with Crippen molar-refractivity contribution in [3.05, 3.63) is 28.3 Å². The van der Waals surface area contributed by atoms with Crippen molar-refractivity contribution in [2.24, 2.45) is 0 Å². The molecule has 1 aromatic rings. The minimum absolute atomic E-state index is 0.142. The number of nitrogens with two attached hydrogens (primary N) is 1. The van der Waals surface area contributed by atoms with Gasteiger partial charge in [0.1, 0.15) is 0 Å². The predicted octanol–water partition coefficient (Wildman–Crippen LogP) is 1.69. The molecule has 1 saturated heterocycles. The largest absolute Gasteiger partial charge is 0.399 e. The second-order valence-corrected chi connectivity index (χ2v) is 8.85. The van der Waals surface area contributed by atoms with E-state index in [1.807, 2.05) is 13.8 Å². The van der Waals surface area contributed by atoms with Gasteiger partial charge in [-0.25, -0.2) is 8.42 Å². The van der Waals surface area contributed by atoms with Crippen LogP contribution in [-0.2, 0) is 10.0 Å². The summed E-state index contributed by atoms with van der Waals surface area (Å²) in [6, 6.07) is 3.62. The fraction of sp³-hybridized carbons (Fsp3) is 0.500. The van der Waals surface area contributed by atoms with Crippen LogP contribution < -0.4 is 5.73 Å². The molecule has 0 saturated carbocycles. The van der Waals surface area contributed by atoms with Crippen molar-refractivity contribution in [3.8, 4) is 0 Å². The predicted molar refractivity (Wildman–Crippen MR) is 82.8 cm³/mol. The summed E-state index contributed by atoms with van der Waals surface area (Å²) in [6.45, 7) is 4.56. The van der Waals surface area contributed by atoms with Crippen LogP contribution in [0.4, 0.5) is 11.4 Å². The number of nitro benzene ring substituents is 1. The Labute approximate surface area is 127 Å². The van der Waals surface area contributed by atoms with E-state index < -0.39 is 20.6 Å². The lowest BCUT2D eigenvalue weighted by Gasteiger charge is -2.33. The molecule has 1 fully saturated rings. The Morgan fingerprint density at radius 1 is 1.33 bits per heavy atom. The van der Waals surface area contributed by atoms with E-state index in [4.69, 9.17) is 5.73 Å². The molecule has 2 rings (SSSR count). The zero-order valence-corrected chi connectivity index (χ0v) is 13.4. The molecule has 9 heteroatoms. The van der Waals surface area contributed by atoms with Gasteiger partial charge in [0.15, 0.2) is 4.90 Å². The first kappa shape index (κ1) is 16.1. The van der Waals surface area contributed by atoms with E-state index in [2.05, 4.69) is 0 Å². The van der Waals surface area contributed by atoms with Gasteiger partial charge in [0.05, 0.1) is 4.92 Å². The van der Waals surface area contributed by atoms with Crippen LogP contribution >= 0.6 is 11.8 Å². The van der Waals surface area contributed by atoms with E-state index in [1.54, 1.807) is 11.8 Å². The third-order valence-corrected chi connectivity index (χ3v) is 6.27. The average Bonchev–Trinajstić information content (AvgIpc) is 2.37. The number of nitro groups is 1. The zero-order chi connectivity index (χ0) is 15.8. The normalized spacial score (nSPS) is 23.9. The number of thioether (sulfide) groups is 1. The van der Waals surface area contributed by atoms with Gasteiger partial charge in [0.2, 0.25) is 10.0 Å². The molecule has 116 valence electrons. The molecule has 2 atom stereocenters. The quantitative estimate of drug-likeness (QED) is 0.513. The Morgan fingerprint density at radius 2 is 1.90 bits per heavy atom. The molecule has 1 aromatic carbocycles. The van der Waals surface area contributed by atoms with Crippen molar-refractivity contribution in [3.63, 3.8) is 0 Å². The smallest absolute Gasteiger partial charge is 0.289 e. The first-order chi connectivity index (χ1) is 9.71. The molecule has 1 aliphatic heterocycles. The molecule has 0 bridgehead atoms. The minimum Gasteiger partial charge on any atom is -0.399 e. The van der Waals surface area contributed by atoms with Crippen molar-refractivity contribution < 1.29 is 13.3 Å². The standard InChI is InChI=1S/C12H17N3O4S2/c1-8-6-14(7-9(2)20-8)21(18,19)12-5-10(13)3-4-11(12)15(16)17/h3-5,8-9H,6-7,13H2,1-2H3. The van der Waals surface area contributed by atoms with E-state index in [1.165, 1.54) is 10.4 Å². The Kier molecular flexibility index (Phi) is 4.45. The number of benzene rings is 1. The lowest BCUT2D eigenvalue weighted by Crippen LogP contribution is -2.44. The second-order valence-electron chi connectivity index (χ2n) is 5.06. The fourth-order valence-corrected chi connectivity index (χ4v) is 5.68. The van der Waals surface area contributed by atoms with Crippen LogP contribution in [0.5, 0.6) is 0 Å². The highest BCUT2D eigenvalue weighted by molar-refractivity contribution is 8.00. The molecule has 0 radical (unpaired) electrons. The summed E-state index contributed by atoms with van der Waals surface area (Å²) in [5.41, 5.74) is 5.34. The number of nitrogens with zero attached hydrogens (tertiary/aromatic N) is 2. The molecular weight excluding hydrogens is 314 g/mol. The van der Waals surface area contributed by atoms with Crippen molar-refractivity contribution in [1.82, 2.24) is 4.31 Å². The van der Waals surface area contributed by atoms with Gasteiger partial charge in [0.25, 0.3) is 5.69 Å². The van der Waals surface area contributed by atoms with Crippen LogP contribution in [0.25, 0.3) is 0 Å². The lowest BCUT2D eigenvalue weighted by molar-refractivity contribution is -0.387. The zero-order valence-electron chi connectivity index (χ0n) is 11.7. The van der Waals surface area contributed by atoms with Gasteiger partial charge in [-0.05, 0) is 12.1 Å². The summed E-state index contributed by atoms with van der Waals surface area (Å²) in [4.78, 5) is 10.0.